The summed E-state index contributed by atoms with van der Waals surface area (Å²) in [6.45, 7) is 3.32. The fraction of sp³-hybridized carbons (Fsp3) is 0.889. The number of fused-ring (bicyclic) bond motifs is 1. The van der Waals surface area contributed by atoms with E-state index in [0.717, 1.165) is 25.9 Å². The summed E-state index contributed by atoms with van der Waals surface area (Å²) in [6.07, 6.45) is 1.68. The molecule has 1 saturated heterocycles. The quantitative estimate of drug-likeness (QED) is 0.574. The molecule has 2 unspecified atom stereocenters. The molecule has 74 valence electrons. The van der Waals surface area contributed by atoms with Gasteiger partial charge in [0.15, 0.2) is 0 Å². The Morgan fingerprint density at radius 3 is 2.15 bits per heavy atom. The summed E-state index contributed by atoms with van der Waals surface area (Å²) in [6, 6.07) is 0. The van der Waals surface area contributed by atoms with Crippen LogP contribution >= 0.6 is 23.2 Å². The Morgan fingerprint density at radius 2 is 1.77 bits per heavy atom. The number of nitrogens with zero attached hydrogens (tertiary/aromatic N) is 1. The van der Waals surface area contributed by atoms with Crippen LogP contribution in [0, 0.1) is 11.8 Å². The van der Waals surface area contributed by atoms with Crippen molar-refractivity contribution in [2.75, 3.05) is 13.1 Å². The number of alkyl halides is 2. The van der Waals surface area contributed by atoms with Crippen molar-refractivity contribution in [1.29, 1.82) is 0 Å². The minimum absolute atomic E-state index is 0.171. The minimum atomic E-state index is -0.530. The monoisotopic (exact) mass is 221 g/mol. The van der Waals surface area contributed by atoms with Crippen molar-refractivity contribution in [2.24, 2.45) is 11.8 Å². The lowest BCUT2D eigenvalue weighted by molar-refractivity contribution is -0.128. The molecule has 2 aliphatic rings. The molecule has 4 heteroatoms. The van der Waals surface area contributed by atoms with E-state index >= 15 is 0 Å². The van der Waals surface area contributed by atoms with E-state index in [0.29, 0.717) is 11.8 Å². The topological polar surface area (TPSA) is 20.3 Å². The number of hydrogen-bond acceptors (Lipinski definition) is 1. The van der Waals surface area contributed by atoms with Crippen LogP contribution in [0.3, 0.4) is 0 Å². The zero-order valence-electron chi connectivity index (χ0n) is 7.59. The van der Waals surface area contributed by atoms with Gasteiger partial charge in [0, 0.05) is 20.0 Å². The van der Waals surface area contributed by atoms with E-state index in [2.05, 4.69) is 0 Å². The molecule has 13 heavy (non-hydrogen) atoms. The van der Waals surface area contributed by atoms with Gasteiger partial charge in [-0.15, -0.1) is 23.2 Å². The van der Waals surface area contributed by atoms with Gasteiger partial charge in [-0.2, -0.15) is 0 Å². The van der Waals surface area contributed by atoms with Gasteiger partial charge in [-0.3, -0.25) is 4.79 Å². The van der Waals surface area contributed by atoms with E-state index in [4.69, 9.17) is 23.2 Å². The molecule has 2 rings (SSSR count). The first-order chi connectivity index (χ1) is 5.98. The second-order valence-electron chi connectivity index (χ2n) is 4.21. The van der Waals surface area contributed by atoms with Crippen molar-refractivity contribution in [3.63, 3.8) is 0 Å². The van der Waals surface area contributed by atoms with Crippen molar-refractivity contribution in [2.45, 2.75) is 24.1 Å². The molecular weight excluding hydrogens is 209 g/mol. The van der Waals surface area contributed by atoms with Gasteiger partial charge >= 0.3 is 0 Å². The highest BCUT2D eigenvalue weighted by atomic mass is 35.5. The summed E-state index contributed by atoms with van der Waals surface area (Å²) < 4.78 is -0.530. The van der Waals surface area contributed by atoms with Crippen LogP contribution in [0.25, 0.3) is 0 Å². The predicted octanol–water partition coefficient (Wildman–Crippen LogP) is 2.05. The third kappa shape index (κ3) is 1.79. The fourth-order valence-electron chi connectivity index (χ4n) is 2.51. The van der Waals surface area contributed by atoms with E-state index in [1.165, 1.54) is 0 Å². The normalized spacial score (nSPS) is 36.4. The van der Waals surface area contributed by atoms with Crippen molar-refractivity contribution in [3.8, 4) is 0 Å². The molecule has 2 atom stereocenters. The van der Waals surface area contributed by atoms with E-state index < -0.39 is 4.33 Å². The highest BCUT2D eigenvalue weighted by molar-refractivity contribution is 6.48. The molecule has 0 spiro atoms. The van der Waals surface area contributed by atoms with Crippen LogP contribution in [0.5, 0.6) is 0 Å². The number of hydrogen-bond donors (Lipinski definition) is 0. The molecule has 0 aromatic carbocycles. The number of carbonyl (C=O) groups excluding carboxylic acids is 1. The minimum Gasteiger partial charge on any atom is -0.342 e. The molecule has 2 fully saturated rings. The van der Waals surface area contributed by atoms with Gasteiger partial charge in [-0.1, -0.05) is 0 Å². The summed E-state index contributed by atoms with van der Waals surface area (Å²) in [7, 11) is 0. The van der Waals surface area contributed by atoms with Crippen molar-refractivity contribution in [3.05, 3.63) is 0 Å². The maximum absolute atomic E-state index is 11.1. The molecule has 0 aromatic rings. The maximum Gasteiger partial charge on any atom is 0.219 e. The highest BCUT2D eigenvalue weighted by Crippen LogP contribution is 2.49. The van der Waals surface area contributed by atoms with Crippen LogP contribution in [-0.2, 0) is 4.79 Å². The van der Waals surface area contributed by atoms with Crippen LogP contribution in [-0.4, -0.2) is 28.2 Å². The summed E-state index contributed by atoms with van der Waals surface area (Å²) >= 11 is 12.1. The van der Waals surface area contributed by atoms with Crippen LogP contribution in [0.4, 0.5) is 0 Å². The summed E-state index contributed by atoms with van der Waals surface area (Å²) in [5, 5.41) is 0. The summed E-state index contributed by atoms with van der Waals surface area (Å²) in [4.78, 5) is 13.0. The lowest BCUT2D eigenvalue weighted by Crippen LogP contribution is -2.28. The Balaban J connectivity index is 2.01. The first-order valence-corrected chi connectivity index (χ1v) is 5.37. The summed E-state index contributed by atoms with van der Waals surface area (Å²) in [5.74, 6) is 1.22. The van der Waals surface area contributed by atoms with Crippen LogP contribution in [0.15, 0.2) is 0 Å². The smallest absolute Gasteiger partial charge is 0.219 e. The zero-order valence-corrected chi connectivity index (χ0v) is 9.11. The van der Waals surface area contributed by atoms with Gasteiger partial charge in [0.25, 0.3) is 0 Å². The SMILES string of the molecule is CC(=O)N1CC2CC(Cl)(Cl)CC2C1. The standard InChI is InChI=1S/C9H13Cl2NO/c1-6(13)12-4-7-2-9(10,11)3-8(7)5-12/h7-8H,2-5H2,1H3. The third-order valence-corrected chi connectivity index (χ3v) is 3.76. The second-order valence-corrected chi connectivity index (χ2v) is 5.85. The molecule has 1 heterocycles. The molecular formula is C9H13Cl2NO. The van der Waals surface area contributed by atoms with Gasteiger partial charge in [0.05, 0.1) is 0 Å². The Labute approximate surface area is 88.2 Å². The van der Waals surface area contributed by atoms with E-state index in [1.54, 1.807) is 6.92 Å². The number of likely N-dealkylation sites (tertiary alicyclic amines) is 1. The predicted molar refractivity (Wildman–Crippen MR) is 52.9 cm³/mol. The van der Waals surface area contributed by atoms with Crippen LogP contribution in [0.2, 0.25) is 0 Å². The Kier molecular flexibility index (Phi) is 2.23. The molecule has 0 radical (unpaired) electrons. The first-order valence-electron chi connectivity index (χ1n) is 4.61. The Morgan fingerprint density at radius 1 is 1.31 bits per heavy atom. The lowest BCUT2D eigenvalue weighted by atomic mass is 10.0. The average Bonchev–Trinajstić information content (AvgIpc) is 2.39. The molecule has 2 nitrogen and oxygen atoms in total. The van der Waals surface area contributed by atoms with Crippen molar-refractivity contribution in [1.82, 2.24) is 4.90 Å². The summed E-state index contributed by atoms with van der Waals surface area (Å²) in [5.41, 5.74) is 0. The molecule has 1 aliphatic carbocycles. The first kappa shape index (κ1) is 9.60. The Bertz CT molecular complexity index is 226. The molecule has 1 saturated carbocycles. The van der Waals surface area contributed by atoms with Crippen molar-refractivity contribution >= 4 is 29.1 Å². The number of halogens is 2. The fourth-order valence-corrected chi connectivity index (χ4v) is 3.30. The average molecular weight is 222 g/mol. The maximum atomic E-state index is 11.1. The molecule has 0 aromatic heterocycles. The lowest BCUT2D eigenvalue weighted by Gasteiger charge is -2.18. The van der Waals surface area contributed by atoms with Crippen molar-refractivity contribution < 1.29 is 4.79 Å². The highest BCUT2D eigenvalue weighted by Gasteiger charge is 2.47. The Hall–Kier alpha value is 0.0500. The van der Waals surface area contributed by atoms with Gasteiger partial charge in [0.2, 0.25) is 5.91 Å². The third-order valence-electron chi connectivity index (χ3n) is 3.14. The molecule has 0 N–H and O–H groups in total. The second kappa shape index (κ2) is 3.03. The number of carbonyl (C=O) groups is 1. The van der Waals surface area contributed by atoms with Crippen LogP contribution < -0.4 is 0 Å². The van der Waals surface area contributed by atoms with Crippen LogP contribution in [0.1, 0.15) is 19.8 Å². The molecule has 0 bridgehead atoms. The number of amides is 1. The number of rotatable bonds is 0. The molecule has 1 amide bonds. The van der Waals surface area contributed by atoms with Gasteiger partial charge < -0.3 is 4.90 Å². The zero-order chi connectivity index (χ0) is 9.64. The van der Waals surface area contributed by atoms with Gasteiger partial charge in [-0.05, 0) is 24.7 Å². The van der Waals surface area contributed by atoms with E-state index in [-0.39, 0.29) is 5.91 Å². The largest absolute Gasteiger partial charge is 0.342 e. The van der Waals surface area contributed by atoms with Gasteiger partial charge in [-0.25, -0.2) is 0 Å². The van der Waals surface area contributed by atoms with E-state index in [9.17, 15) is 4.79 Å². The molecule has 1 aliphatic heterocycles. The van der Waals surface area contributed by atoms with Gasteiger partial charge in [0.1, 0.15) is 4.33 Å². The van der Waals surface area contributed by atoms with E-state index in [1.807, 2.05) is 4.90 Å².